The Labute approximate surface area is 146 Å². The lowest BCUT2D eigenvalue weighted by atomic mass is 10.2. The van der Waals surface area contributed by atoms with E-state index in [1.165, 1.54) is 23.1 Å². The Kier molecular flexibility index (Phi) is 6.19. The largest absolute Gasteiger partial charge is 0.300 e. The highest BCUT2D eigenvalue weighted by Gasteiger charge is 2.15. The van der Waals surface area contributed by atoms with Gasteiger partial charge in [-0.1, -0.05) is 52.4 Å². The third kappa shape index (κ3) is 4.67. The fourth-order valence-corrected chi connectivity index (χ4v) is 3.75. The van der Waals surface area contributed by atoms with Crippen molar-refractivity contribution < 1.29 is 4.79 Å². The lowest BCUT2D eigenvalue weighted by Gasteiger charge is -2.07. The van der Waals surface area contributed by atoms with Crippen molar-refractivity contribution in [2.24, 2.45) is 0 Å². The van der Waals surface area contributed by atoms with Crippen molar-refractivity contribution in [2.45, 2.75) is 17.7 Å². The first-order chi connectivity index (χ1) is 10.5. The van der Waals surface area contributed by atoms with Crippen molar-refractivity contribution in [3.05, 3.63) is 40.2 Å². The first kappa shape index (κ1) is 17.2. The van der Waals surface area contributed by atoms with Gasteiger partial charge in [-0.15, -0.1) is 16.8 Å². The predicted molar refractivity (Wildman–Crippen MR) is 92.2 cm³/mol. The highest BCUT2D eigenvalue weighted by Crippen LogP contribution is 2.27. The predicted octanol–water partition coefficient (Wildman–Crippen LogP) is 4.01. The van der Waals surface area contributed by atoms with Crippen LogP contribution in [0, 0.1) is 6.92 Å². The molecule has 2 rings (SSSR count). The Morgan fingerprint density at radius 1 is 1.50 bits per heavy atom. The molecule has 116 valence electrons. The van der Waals surface area contributed by atoms with Crippen LogP contribution in [0.5, 0.6) is 0 Å². The van der Waals surface area contributed by atoms with E-state index in [1.807, 2.05) is 0 Å². The van der Waals surface area contributed by atoms with Gasteiger partial charge in [-0.05, 0) is 13.0 Å². The van der Waals surface area contributed by atoms with Crippen molar-refractivity contribution in [1.82, 2.24) is 15.2 Å². The van der Waals surface area contributed by atoms with Crippen molar-refractivity contribution in [1.29, 1.82) is 0 Å². The number of carbonyl (C=O) groups excluding carboxylic acids is 1. The quantitative estimate of drug-likeness (QED) is 0.358. The van der Waals surface area contributed by atoms with Gasteiger partial charge in [-0.2, -0.15) is 0 Å². The molecule has 5 nitrogen and oxygen atoms in total. The summed E-state index contributed by atoms with van der Waals surface area (Å²) in [5.74, 6) is 0.467. The molecule has 9 heteroatoms. The minimum Gasteiger partial charge on any atom is -0.300 e. The van der Waals surface area contributed by atoms with Gasteiger partial charge in [0.1, 0.15) is 5.15 Å². The fraction of sp³-hybridized carbons (Fsp3) is 0.231. The number of nitrogens with zero attached hydrogens (tertiary/aromatic N) is 3. The van der Waals surface area contributed by atoms with Crippen molar-refractivity contribution >= 4 is 57.3 Å². The van der Waals surface area contributed by atoms with E-state index in [-0.39, 0.29) is 17.5 Å². The summed E-state index contributed by atoms with van der Waals surface area (Å²) in [6.07, 6.45) is 1.80. The van der Waals surface area contributed by atoms with Crippen LogP contribution in [-0.4, -0.2) is 26.8 Å². The number of anilines is 1. The molecule has 0 unspecified atom stereocenters. The molecule has 0 bridgehead atoms. The van der Waals surface area contributed by atoms with Crippen molar-refractivity contribution in [3.63, 3.8) is 0 Å². The van der Waals surface area contributed by atoms with Gasteiger partial charge in [-0.25, -0.2) is 4.98 Å². The number of pyridine rings is 1. The average molecular weight is 375 g/mol. The van der Waals surface area contributed by atoms with Crippen molar-refractivity contribution in [3.8, 4) is 0 Å². The molecule has 2 aromatic heterocycles. The Morgan fingerprint density at radius 3 is 2.95 bits per heavy atom. The summed E-state index contributed by atoms with van der Waals surface area (Å²) in [4.78, 5) is 16.1. The fourth-order valence-electron chi connectivity index (χ4n) is 1.55. The number of hydrogen-bond donors (Lipinski definition) is 1. The van der Waals surface area contributed by atoms with E-state index in [1.54, 1.807) is 19.1 Å². The molecule has 0 aromatic carbocycles. The number of aryl methyl sites for hydroxylation is 1. The highest BCUT2D eigenvalue weighted by atomic mass is 35.5. The molecule has 0 aliphatic heterocycles. The summed E-state index contributed by atoms with van der Waals surface area (Å²) in [7, 11) is 0. The highest BCUT2D eigenvalue weighted by molar-refractivity contribution is 8.01. The smallest absolute Gasteiger partial charge is 0.230 e. The van der Waals surface area contributed by atoms with E-state index in [2.05, 4.69) is 27.1 Å². The van der Waals surface area contributed by atoms with Gasteiger partial charge in [0.2, 0.25) is 11.0 Å². The second-order valence-electron chi connectivity index (χ2n) is 4.21. The van der Waals surface area contributed by atoms with Crippen LogP contribution in [0.1, 0.15) is 11.3 Å². The van der Waals surface area contributed by atoms with E-state index >= 15 is 0 Å². The lowest BCUT2D eigenvalue weighted by Crippen LogP contribution is -2.15. The van der Waals surface area contributed by atoms with Crippen LogP contribution in [0.15, 0.2) is 23.1 Å². The van der Waals surface area contributed by atoms with Gasteiger partial charge in [0.05, 0.1) is 6.42 Å². The van der Waals surface area contributed by atoms with Crippen LogP contribution in [0.4, 0.5) is 5.13 Å². The molecule has 22 heavy (non-hydrogen) atoms. The molecule has 2 aromatic rings. The maximum atomic E-state index is 12.1. The maximum Gasteiger partial charge on any atom is 0.230 e. The van der Waals surface area contributed by atoms with E-state index < -0.39 is 0 Å². The number of aromatic nitrogens is 3. The molecule has 0 aliphatic rings. The van der Waals surface area contributed by atoms with Gasteiger partial charge < -0.3 is 5.32 Å². The lowest BCUT2D eigenvalue weighted by molar-refractivity contribution is -0.115. The summed E-state index contributed by atoms with van der Waals surface area (Å²) in [6, 6.07) is 1.67. The van der Waals surface area contributed by atoms with Crippen LogP contribution in [0.25, 0.3) is 0 Å². The zero-order valence-corrected chi connectivity index (χ0v) is 14.7. The average Bonchev–Trinajstić information content (AvgIpc) is 2.88. The van der Waals surface area contributed by atoms with E-state index in [0.29, 0.717) is 21.4 Å². The first-order valence-corrected chi connectivity index (χ1v) is 8.74. The van der Waals surface area contributed by atoms with Gasteiger partial charge in [0, 0.05) is 22.0 Å². The number of amides is 1. The number of hydrogen-bond acceptors (Lipinski definition) is 6. The minimum absolute atomic E-state index is 0.0274. The molecule has 1 N–H and O–H groups in total. The Morgan fingerprint density at radius 2 is 2.27 bits per heavy atom. The summed E-state index contributed by atoms with van der Waals surface area (Å²) >= 11 is 14.9. The molecule has 0 aliphatic carbocycles. The third-order valence-electron chi connectivity index (χ3n) is 2.46. The zero-order valence-electron chi connectivity index (χ0n) is 11.6. The second kappa shape index (κ2) is 7.92. The standard InChI is InChI=1S/C13H12Cl2N4OS2/c1-3-4-21-13-19-18-12(22-13)17-10(20)6-8-9(14)5-7(2)16-11(8)15/h3,5H,1,4,6H2,2H3,(H,17,18,20). The molecule has 2 heterocycles. The molecular formula is C13H12Cl2N4OS2. The summed E-state index contributed by atoms with van der Waals surface area (Å²) in [6.45, 7) is 5.42. The molecule has 0 radical (unpaired) electrons. The second-order valence-corrected chi connectivity index (χ2v) is 7.22. The number of rotatable bonds is 6. The van der Waals surface area contributed by atoms with Gasteiger partial charge in [0.15, 0.2) is 4.34 Å². The number of halogens is 2. The molecule has 0 saturated carbocycles. The van der Waals surface area contributed by atoms with Crippen LogP contribution in [0.2, 0.25) is 10.2 Å². The van der Waals surface area contributed by atoms with Gasteiger partial charge in [-0.3, -0.25) is 4.79 Å². The summed E-state index contributed by atoms with van der Waals surface area (Å²) in [5, 5.41) is 11.6. The molecule has 0 fully saturated rings. The Bertz CT molecular complexity index is 682. The molecular weight excluding hydrogens is 363 g/mol. The maximum absolute atomic E-state index is 12.1. The topological polar surface area (TPSA) is 67.8 Å². The monoisotopic (exact) mass is 374 g/mol. The third-order valence-corrected chi connectivity index (χ3v) is 5.08. The van der Waals surface area contributed by atoms with Crippen LogP contribution in [-0.2, 0) is 11.2 Å². The molecule has 1 amide bonds. The van der Waals surface area contributed by atoms with Gasteiger partial charge >= 0.3 is 0 Å². The number of carbonyl (C=O) groups is 1. The van der Waals surface area contributed by atoms with Gasteiger partial charge in [0.25, 0.3) is 0 Å². The summed E-state index contributed by atoms with van der Waals surface area (Å²) < 4.78 is 0.767. The molecule has 0 spiro atoms. The van der Waals surface area contributed by atoms with Crippen LogP contribution >= 0.6 is 46.3 Å². The van der Waals surface area contributed by atoms with E-state index in [9.17, 15) is 4.79 Å². The van der Waals surface area contributed by atoms with Crippen LogP contribution in [0.3, 0.4) is 0 Å². The van der Waals surface area contributed by atoms with E-state index in [4.69, 9.17) is 23.2 Å². The normalized spacial score (nSPS) is 10.5. The van der Waals surface area contributed by atoms with E-state index in [0.717, 1.165) is 10.1 Å². The Balaban J connectivity index is 2.01. The van der Waals surface area contributed by atoms with Crippen LogP contribution < -0.4 is 5.32 Å². The first-order valence-electron chi connectivity index (χ1n) is 6.18. The minimum atomic E-state index is -0.272. The molecule has 0 saturated heterocycles. The number of thioether (sulfide) groups is 1. The number of nitrogens with one attached hydrogen (secondary N) is 1. The Hall–Kier alpha value is -1.15. The zero-order chi connectivity index (χ0) is 16.1. The molecule has 0 atom stereocenters. The summed E-state index contributed by atoms with van der Waals surface area (Å²) in [5.41, 5.74) is 1.20. The SMILES string of the molecule is C=CCSc1nnc(NC(=O)Cc2c(Cl)cc(C)nc2Cl)s1. The van der Waals surface area contributed by atoms with Crippen molar-refractivity contribution in [2.75, 3.05) is 11.1 Å².